The number of carbonyl (C=O) groups excluding carboxylic acids is 1. The minimum Gasteiger partial charge on any atom is -0.309 e. The molecule has 0 N–H and O–H groups in total. The predicted molar refractivity (Wildman–Crippen MR) is 63.3 cm³/mol. The first kappa shape index (κ1) is 13.1. The van der Waals surface area contributed by atoms with Gasteiger partial charge in [-0.25, -0.2) is 4.39 Å². The molecule has 0 spiro atoms. The predicted octanol–water partition coefficient (Wildman–Crippen LogP) is 2.54. The van der Waals surface area contributed by atoms with E-state index in [1.807, 2.05) is 19.0 Å². The van der Waals surface area contributed by atoms with Gasteiger partial charge in [0.15, 0.2) is 0 Å². The van der Waals surface area contributed by atoms with E-state index in [0.717, 1.165) is 0 Å². The van der Waals surface area contributed by atoms with E-state index in [1.165, 1.54) is 12.1 Å². The zero-order valence-corrected chi connectivity index (χ0v) is 10.2. The van der Waals surface area contributed by atoms with Crippen LogP contribution < -0.4 is 0 Å². The summed E-state index contributed by atoms with van der Waals surface area (Å²) in [6, 6.07) is 4.45. The summed E-state index contributed by atoms with van der Waals surface area (Å²) >= 11 is 5.83. The summed E-state index contributed by atoms with van der Waals surface area (Å²) < 4.78 is 13.4. The third-order valence-electron chi connectivity index (χ3n) is 2.27. The highest BCUT2D eigenvalue weighted by Crippen LogP contribution is 2.19. The van der Waals surface area contributed by atoms with Crippen LogP contribution in [0.1, 0.15) is 12.0 Å². The lowest BCUT2D eigenvalue weighted by atomic mass is 10.1. The average Bonchev–Trinajstić information content (AvgIpc) is 2.21. The molecule has 0 aromatic heterocycles. The van der Waals surface area contributed by atoms with Crippen molar-refractivity contribution < 1.29 is 9.18 Å². The lowest BCUT2D eigenvalue weighted by Gasteiger charge is -2.09. The van der Waals surface area contributed by atoms with Crippen LogP contribution in [-0.4, -0.2) is 31.3 Å². The second-order valence-corrected chi connectivity index (χ2v) is 4.38. The molecule has 0 bridgehead atoms. The third-order valence-corrected chi connectivity index (χ3v) is 2.63. The Morgan fingerprint density at radius 3 is 2.69 bits per heavy atom. The van der Waals surface area contributed by atoms with Crippen LogP contribution in [-0.2, 0) is 11.2 Å². The van der Waals surface area contributed by atoms with Crippen molar-refractivity contribution in [1.82, 2.24) is 4.90 Å². The van der Waals surface area contributed by atoms with Crippen LogP contribution >= 0.6 is 11.6 Å². The van der Waals surface area contributed by atoms with Crippen molar-refractivity contribution in [2.24, 2.45) is 0 Å². The van der Waals surface area contributed by atoms with E-state index in [4.69, 9.17) is 11.6 Å². The van der Waals surface area contributed by atoms with E-state index in [-0.39, 0.29) is 12.2 Å². The van der Waals surface area contributed by atoms with E-state index in [0.29, 0.717) is 23.6 Å². The van der Waals surface area contributed by atoms with Crippen molar-refractivity contribution >= 4 is 17.4 Å². The van der Waals surface area contributed by atoms with E-state index in [2.05, 4.69) is 0 Å². The van der Waals surface area contributed by atoms with Gasteiger partial charge in [0.05, 0.1) is 0 Å². The minimum atomic E-state index is -0.411. The second kappa shape index (κ2) is 5.97. The van der Waals surface area contributed by atoms with Crippen LogP contribution in [0.4, 0.5) is 4.39 Å². The fourth-order valence-electron chi connectivity index (χ4n) is 1.34. The molecule has 1 rings (SSSR count). The molecule has 88 valence electrons. The van der Waals surface area contributed by atoms with Crippen molar-refractivity contribution in [2.45, 2.75) is 12.8 Å². The molecule has 0 aliphatic heterocycles. The van der Waals surface area contributed by atoms with Gasteiger partial charge in [-0.05, 0) is 26.2 Å². The normalized spacial score (nSPS) is 10.8. The molecule has 2 nitrogen and oxygen atoms in total. The highest BCUT2D eigenvalue weighted by molar-refractivity contribution is 6.31. The van der Waals surface area contributed by atoms with Crippen LogP contribution in [0, 0.1) is 5.82 Å². The van der Waals surface area contributed by atoms with Gasteiger partial charge < -0.3 is 4.90 Å². The molecule has 1 aromatic rings. The maximum atomic E-state index is 13.4. The summed E-state index contributed by atoms with van der Waals surface area (Å²) in [6.45, 7) is 0.672. The highest BCUT2D eigenvalue weighted by atomic mass is 35.5. The highest BCUT2D eigenvalue weighted by Gasteiger charge is 2.11. The van der Waals surface area contributed by atoms with Gasteiger partial charge in [-0.3, -0.25) is 4.79 Å². The van der Waals surface area contributed by atoms with Crippen LogP contribution in [0.2, 0.25) is 5.02 Å². The van der Waals surface area contributed by atoms with Gasteiger partial charge in [0.2, 0.25) is 0 Å². The number of ketones is 1. The second-order valence-electron chi connectivity index (χ2n) is 3.97. The fraction of sp³-hybridized carbons (Fsp3) is 0.417. The zero-order valence-electron chi connectivity index (χ0n) is 9.46. The van der Waals surface area contributed by atoms with Gasteiger partial charge in [-0.15, -0.1) is 0 Å². The number of rotatable bonds is 5. The summed E-state index contributed by atoms with van der Waals surface area (Å²) in [7, 11) is 3.78. The fourth-order valence-corrected chi connectivity index (χ4v) is 1.56. The van der Waals surface area contributed by atoms with Gasteiger partial charge in [0.1, 0.15) is 11.6 Å². The number of nitrogens with zero attached hydrogens (tertiary/aromatic N) is 1. The lowest BCUT2D eigenvalue weighted by molar-refractivity contribution is -0.118. The first-order valence-electron chi connectivity index (χ1n) is 5.10. The Bertz CT molecular complexity index is 359. The Morgan fingerprint density at radius 2 is 2.12 bits per heavy atom. The zero-order chi connectivity index (χ0) is 12.1. The Labute approximate surface area is 100 Å². The van der Waals surface area contributed by atoms with Gasteiger partial charge >= 0.3 is 0 Å². The van der Waals surface area contributed by atoms with Crippen LogP contribution in [0.15, 0.2) is 18.2 Å². The van der Waals surface area contributed by atoms with E-state index in [9.17, 15) is 9.18 Å². The van der Waals surface area contributed by atoms with Crippen LogP contribution in [0.25, 0.3) is 0 Å². The van der Waals surface area contributed by atoms with Crippen molar-refractivity contribution in [1.29, 1.82) is 0 Å². The number of halogens is 2. The maximum Gasteiger partial charge on any atom is 0.138 e. The van der Waals surface area contributed by atoms with E-state index >= 15 is 0 Å². The first-order valence-corrected chi connectivity index (χ1v) is 5.48. The molecular formula is C12H15ClFNO. The third kappa shape index (κ3) is 3.91. The van der Waals surface area contributed by atoms with Crippen LogP contribution in [0.3, 0.4) is 0 Å². The molecule has 0 atom stereocenters. The van der Waals surface area contributed by atoms with E-state index in [1.54, 1.807) is 6.07 Å². The number of Topliss-reactive ketones (excluding diaryl/α,β-unsaturated/α-hetero) is 1. The first-order chi connectivity index (χ1) is 7.50. The molecule has 0 saturated heterocycles. The molecular weight excluding hydrogens is 229 g/mol. The average molecular weight is 244 g/mol. The number of hydrogen-bond acceptors (Lipinski definition) is 2. The maximum absolute atomic E-state index is 13.4. The van der Waals surface area contributed by atoms with Crippen LogP contribution in [0.5, 0.6) is 0 Å². The van der Waals surface area contributed by atoms with Crippen molar-refractivity contribution in [3.05, 3.63) is 34.6 Å². The van der Waals surface area contributed by atoms with Gasteiger partial charge in [-0.1, -0.05) is 17.7 Å². The number of carbonyl (C=O) groups is 1. The topological polar surface area (TPSA) is 20.3 Å². The minimum absolute atomic E-state index is 0.000648. The summed E-state index contributed by atoms with van der Waals surface area (Å²) in [4.78, 5) is 13.5. The summed E-state index contributed by atoms with van der Waals surface area (Å²) in [5, 5.41) is 0.318. The largest absolute Gasteiger partial charge is 0.309 e. The van der Waals surface area contributed by atoms with Gasteiger partial charge in [-0.2, -0.15) is 0 Å². The Morgan fingerprint density at radius 1 is 1.44 bits per heavy atom. The Balaban J connectivity index is 2.63. The SMILES string of the molecule is CN(C)CCC(=O)Cc1c(F)cccc1Cl. The number of benzene rings is 1. The lowest BCUT2D eigenvalue weighted by Crippen LogP contribution is -2.17. The standard InChI is InChI=1S/C12H15ClFNO/c1-15(2)7-6-9(16)8-10-11(13)4-3-5-12(10)14/h3-5H,6-8H2,1-2H3. The molecule has 0 radical (unpaired) electrons. The van der Waals surface area contributed by atoms with Crippen molar-refractivity contribution in [3.63, 3.8) is 0 Å². The number of hydrogen-bond donors (Lipinski definition) is 0. The molecule has 4 heteroatoms. The van der Waals surface area contributed by atoms with Gasteiger partial charge in [0, 0.05) is 30.0 Å². The summed E-state index contributed by atoms with van der Waals surface area (Å²) in [5.74, 6) is -0.411. The van der Waals surface area contributed by atoms with Gasteiger partial charge in [0.25, 0.3) is 0 Å². The molecule has 0 aliphatic carbocycles. The molecule has 0 fully saturated rings. The summed E-state index contributed by atoms with van der Waals surface area (Å²) in [6.07, 6.45) is 0.483. The molecule has 16 heavy (non-hydrogen) atoms. The summed E-state index contributed by atoms with van der Waals surface area (Å²) in [5.41, 5.74) is 0.299. The Kier molecular flexibility index (Phi) is 4.90. The molecule has 1 aromatic carbocycles. The smallest absolute Gasteiger partial charge is 0.138 e. The molecule has 0 aliphatic rings. The molecule has 0 unspecified atom stereocenters. The van der Waals surface area contributed by atoms with Crippen molar-refractivity contribution in [2.75, 3.05) is 20.6 Å². The monoisotopic (exact) mass is 243 g/mol. The Hall–Kier alpha value is -0.930. The molecule has 0 saturated carbocycles. The van der Waals surface area contributed by atoms with Crippen molar-refractivity contribution in [3.8, 4) is 0 Å². The quantitative estimate of drug-likeness (QED) is 0.792. The van der Waals surface area contributed by atoms with E-state index < -0.39 is 5.82 Å². The molecule has 0 heterocycles. The molecule has 0 amide bonds.